The van der Waals surface area contributed by atoms with Gasteiger partial charge in [0.2, 0.25) is 0 Å². The molecular weight excluding hydrogens is 404 g/mol. The summed E-state index contributed by atoms with van der Waals surface area (Å²) in [5.74, 6) is 15.3. The summed E-state index contributed by atoms with van der Waals surface area (Å²) in [6.07, 6.45) is 1.21. The van der Waals surface area contributed by atoms with Gasteiger partial charge in [0.15, 0.2) is 0 Å². The molecule has 1 aromatic heterocycles. The molecule has 0 bridgehead atoms. The number of anilines is 1. The predicted octanol–water partition coefficient (Wildman–Crippen LogP) is 3.16. The van der Waals surface area contributed by atoms with Gasteiger partial charge in [-0.2, -0.15) is 0 Å². The molecule has 2 heterocycles. The Bertz CT molecular complexity index is 1070. The van der Waals surface area contributed by atoms with E-state index >= 15 is 0 Å². The van der Waals surface area contributed by atoms with Crippen molar-refractivity contribution in [3.63, 3.8) is 0 Å². The van der Waals surface area contributed by atoms with Gasteiger partial charge in [0, 0.05) is 12.8 Å². The fourth-order valence-corrected chi connectivity index (χ4v) is 4.09. The molecule has 32 heavy (non-hydrogen) atoms. The Labute approximate surface area is 188 Å². The van der Waals surface area contributed by atoms with E-state index in [9.17, 15) is 0 Å². The minimum Gasteiger partial charge on any atom is -0.497 e. The molecule has 1 unspecified atom stereocenters. The van der Waals surface area contributed by atoms with E-state index < -0.39 is 0 Å². The fraction of sp³-hybridized carbons (Fsp3) is 0.333. The Balaban J connectivity index is 1.75. The van der Waals surface area contributed by atoms with Gasteiger partial charge in [-0.15, -0.1) is 5.12 Å². The van der Waals surface area contributed by atoms with Gasteiger partial charge in [-0.05, 0) is 41.3 Å². The molecule has 4 N–H and O–H groups in total. The highest BCUT2D eigenvalue weighted by Crippen LogP contribution is 2.41. The number of benzene rings is 2. The summed E-state index contributed by atoms with van der Waals surface area (Å²) < 4.78 is 10.5. The largest absolute Gasteiger partial charge is 0.497 e. The number of hydrogen-bond acceptors (Lipinski definition) is 8. The SMILES string of the molecule is COc1ccc(Cc2nc(Cc3ccc(OC)cc3)c3c(n2)C(C(C)C)N(N)N3N)cc1. The summed E-state index contributed by atoms with van der Waals surface area (Å²) in [6, 6.07) is 15.8. The first-order chi connectivity index (χ1) is 15.4. The molecule has 0 spiro atoms. The lowest BCUT2D eigenvalue weighted by atomic mass is 9.99. The summed E-state index contributed by atoms with van der Waals surface area (Å²) in [6.45, 7) is 4.23. The second kappa shape index (κ2) is 9.12. The van der Waals surface area contributed by atoms with Crippen molar-refractivity contribution in [1.82, 2.24) is 15.1 Å². The second-order valence-electron chi connectivity index (χ2n) is 8.28. The third kappa shape index (κ3) is 4.25. The number of rotatable bonds is 7. The van der Waals surface area contributed by atoms with Gasteiger partial charge in [-0.1, -0.05) is 38.1 Å². The van der Waals surface area contributed by atoms with Gasteiger partial charge >= 0.3 is 0 Å². The quantitative estimate of drug-likeness (QED) is 0.547. The van der Waals surface area contributed by atoms with Gasteiger partial charge in [0.05, 0.1) is 31.6 Å². The summed E-state index contributed by atoms with van der Waals surface area (Å²) in [5, 5.41) is 3.04. The van der Waals surface area contributed by atoms with Gasteiger partial charge in [-0.25, -0.2) is 26.8 Å². The molecule has 1 aliphatic rings. The molecule has 8 nitrogen and oxygen atoms in total. The number of hydrazine groups is 3. The van der Waals surface area contributed by atoms with Gasteiger partial charge in [0.1, 0.15) is 23.0 Å². The average molecular weight is 435 g/mol. The molecule has 1 aliphatic heterocycles. The van der Waals surface area contributed by atoms with Crippen molar-refractivity contribution in [3.05, 3.63) is 76.9 Å². The molecule has 0 amide bonds. The maximum Gasteiger partial charge on any atom is 0.133 e. The number of hydrogen-bond donors (Lipinski definition) is 2. The van der Waals surface area contributed by atoms with E-state index in [-0.39, 0.29) is 12.0 Å². The van der Waals surface area contributed by atoms with Crippen molar-refractivity contribution in [2.45, 2.75) is 32.7 Å². The summed E-state index contributed by atoms with van der Waals surface area (Å²) in [7, 11) is 3.32. The first-order valence-corrected chi connectivity index (χ1v) is 10.7. The maximum absolute atomic E-state index is 6.37. The van der Waals surface area contributed by atoms with E-state index in [1.807, 2.05) is 48.5 Å². The molecule has 168 valence electrons. The van der Waals surface area contributed by atoms with E-state index in [2.05, 4.69) is 13.8 Å². The van der Waals surface area contributed by atoms with Crippen molar-refractivity contribution in [2.75, 3.05) is 19.3 Å². The van der Waals surface area contributed by atoms with E-state index in [1.54, 1.807) is 19.3 Å². The number of nitrogens with two attached hydrogens (primary N) is 2. The molecule has 0 saturated heterocycles. The Morgan fingerprint density at radius 2 is 1.38 bits per heavy atom. The molecule has 4 rings (SSSR count). The van der Waals surface area contributed by atoms with Gasteiger partial charge in [0.25, 0.3) is 0 Å². The van der Waals surface area contributed by atoms with Crippen molar-refractivity contribution in [2.24, 2.45) is 17.6 Å². The average Bonchev–Trinajstić information content (AvgIpc) is 3.05. The standard InChI is InChI=1S/C24H30N6O2/c1-15(2)23-22-24(30(26)29(23)25)20(13-16-5-9-18(31-3)10-6-16)27-21(28-22)14-17-7-11-19(32-4)12-8-17/h5-12,15,23H,13-14,25-26H2,1-4H3. The lowest BCUT2D eigenvalue weighted by Crippen LogP contribution is -2.50. The highest BCUT2D eigenvalue weighted by atomic mass is 16.5. The zero-order chi connectivity index (χ0) is 22.8. The molecular formula is C24H30N6O2. The highest BCUT2D eigenvalue weighted by Gasteiger charge is 2.39. The van der Waals surface area contributed by atoms with Crippen molar-refractivity contribution < 1.29 is 9.47 Å². The zero-order valence-electron chi connectivity index (χ0n) is 18.9. The molecule has 0 radical (unpaired) electrons. The van der Waals surface area contributed by atoms with Crippen LogP contribution in [-0.4, -0.2) is 29.3 Å². The Kier molecular flexibility index (Phi) is 6.27. The van der Waals surface area contributed by atoms with Crippen LogP contribution in [0.4, 0.5) is 5.69 Å². The Morgan fingerprint density at radius 1 is 0.844 bits per heavy atom. The molecule has 0 aliphatic carbocycles. The minimum atomic E-state index is -0.123. The number of ether oxygens (including phenoxy) is 2. The lowest BCUT2D eigenvalue weighted by Gasteiger charge is -2.27. The normalized spacial score (nSPS) is 15.8. The topological polar surface area (TPSA) is 103 Å². The third-order valence-electron chi connectivity index (χ3n) is 5.76. The summed E-state index contributed by atoms with van der Waals surface area (Å²) >= 11 is 0. The number of fused-ring (bicyclic) bond motifs is 1. The van der Waals surface area contributed by atoms with Crippen LogP contribution in [0.25, 0.3) is 0 Å². The first-order valence-electron chi connectivity index (χ1n) is 10.7. The van der Waals surface area contributed by atoms with Crippen LogP contribution in [0.5, 0.6) is 11.5 Å². The first kappa shape index (κ1) is 22.0. The number of aromatic nitrogens is 2. The molecule has 8 heteroatoms. The summed E-state index contributed by atoms with van der Waals surface area (Å²) in [4.78, 5) is 9.84. The van der Waals surface area contributed by atoms with Gasteiger partial charge < -0.3 is 9.47 Å². The van der Waals surface area contributed by atoms with Crippen LogP contribution in [0, 0.1) is 5.92 Å². The van der Waals surface area contributed by atoms with E-state index in [4.69, 9.17) is 31.1 Å². The molecule has 0 saturated carbocycles. The number of nitrogens with zero attached hydrogens (tertiary/aromatic N) is 4. The van der Waals surface area contributed by atoms with Crippen molar-refractivity contribution in [3.8, 4) is 11.5 Å². The third-order valence-corrected chi connectivity index (χ3v) is 5.76. The molecule has 0 fully saturated rings. The lowest BCUT2D eigenvalue weighted by molar-refractivity contribution is 0.161. The van der Waals surface area contributed by atoms with E-state index in [0.717, 1.165) is 45.5 Å². The zero-order valence-corrected chi connectivity index (χ0v) is 18.9. The Morgan fingerprint density at radius 3 is 1.88 bits per heavy atom. The molecule has 1 atom stereocenters. The van der Waals surface area contributed by atoms with Crippen LogP contribution in [0.1, 0.15) is 48.2 Å². The fourth-order valence-electron chi connectivity index (χ4n) is 4.09. The van der Waals surface area contributed by atoms with Gasteiger partial charge in [-0.3, -0.25) is 0 Å². The van der Waals surface area contributed by atoms with Crippen LogP contribution in [0.2, 0.25) is 0 Å². The monoisotopic (exact) mass is 434 g/mol. The smallest absolute Gasteiger partial charge is 0.133 e. The summed E-state index contributed by atoms with van der Waals surface area (Å²) in [5.41, 5.74) is 4.71. The van der Waals surface area contributed by atoms with Crippen LogP contribution in [0.15, 0.2) is 48.5 Å². The maximum atomic E-state index is 6.37. The van der Waals surface area contributed by atoms with Crippen LogP contribution in [-0.2, 0) is 12.8 Å². The van der Waals surface area contributed by atoms with Crippen LogP contribution < -0.4 is 26.3 Å². The molecule has 3 aromatic rings. The van der Waals surface area contributed by atoms with Crippen LogP contribution >= 0.6 is 0 Å². The second-order valence-corrected chi connectivity index (χ2v) is 8.28. The van der Waals surface area contributed by atoms with Crippen LogP contribution in [0.3, 0.4) is 0 Å². The van der Waals surface area contributed by atoms with E-state index in [1.165, 1.54) is 5.12 Å². The minimum absolute atomic E-state index is 0.123. The van der Waals surface area contributed by atoms with E-state index in [0.29, 0.717) is 12.8 Å². The van der Waals surface area contributed by atoms with Crippen molar-refractivity contribution >= 4 is 5.69 Å². The predicted molar refractivity (Wildman–Crippen MR) is 124 cm³/mol. The number of methoxy groups -OCH3 is 2. The Hall–Kier alpha value is -3.20. The molecule has 2 aromatic carbocycles. The highest BCUT2D eigenvalue weighted by molar-refractivity contribution is 5.59. The van der Waals surface area contributed by atoms with Crippen molar-refractivity contribution in [1.29, 1.82) is 0 Å².